The Morgan fingerprint density at radius 2 is 2.22 bits per heavy atom. The molecule has 0 aromatic carbocycles. The molecule has 0 aliphatic heterocycles. The van der Waals surface area contributed by atoms with Gasteiger partial charge >= 0.3 is 0 Å². The van der Waals surface area contributed by atoms with Gasteiger partial charge in [-0.1, -0.05) is 12.2 Å². The molecule has 9 heavy (non-hydrogen) atoms. The molecule has 0 saturated heterocycles. The lowest BCUT2D eigenvalue weighted by Crippen LogP contribution is -1.93. The zero-order chi connectivity index (χ0) is 6.95. The van der Waals surface area contributed by atoms with Crippen molar-refractivity contribution >= 4 is 11.8 Å². The Hall–Kier alpha value is 0.01000. The molecule has 0 aromatic rings. The molecule has 2 nitrogen and oxygen atoms in total. The molecule has 0 aromatic heterocycles. The van der Waals surface area contributed by atoms with Gasteiger partial charge in [-0.2, -0.15) is 11.8 Å². The van der Waals surface area contributed by atoms with E-state index >= 15 is 0 Å². The normalized spacial score (nSPS) is 10.9. The van der Waals surface area contributed by atoms with Gasteiger partial charge in [-0.3, -0.25) is 0 Å². The van der Waals surface area contributed by atoms with Crippen LogP contribution in [0.5, 0.6) is 0 Å². The summed E-state index contributed by atoms with van der Waals surface area (Å²) >= 11 is 1.70. The van der Waals surface area contributed by atoms with Gasteiger partial charge in [0.05, 0.1) is 6.61 Å². The SMILES string of the molecule is NCC=CCSCCO. The topological polar surface area (TPSA) is 46.2 Å². The van der Waals surface area contributed by atoms with Gasteiger partial charge in [0.25, 0.3) is 0 Å². The molecule has 0 amide bonds. The summed E-state index contributed by atoms with van der Waals surface area (Å²) in [5.74, 6) is 1.77. The van der Waals surface area contributed by atoms with E-state index in [-0.39, 0.29) is 6.61 Å². The van der Waals surface area contributed by atoms with Crippen LogP contribution in [0.2, 0.25) is 0 Å². The Labute approximate surface area is 60.1 Å². The van der Waals surface area contributed by atoms with Crippen LogP contribution < -0.4 is 5.73 Å². The van der Waals surface area contributed by atoms with Crippen molar-refractivity contribution in [1.29, 1.82) is 0 Å². The molecule has 0 aliphatic rings. The summed E-state index contributed by atoms with van der Waals surface area (Å²) in [5, 5.41) is 8.35. The Morgan fingerprint density at radius 3 is 2.78 bits per heavy atom. The predicted octanol–water partition coefficient (Wildman–Crippen LogP) is 0.227. The van der Waals surface area contributed by atoms with Crippen molar-refractivity contribution in [3.8, 4) is 0 Å². The maximum absolute atomic E-state index is 8.35. The summed E-state index contributed by atoms with van der Waals surface area (Å²) in [7, 11) is 0. The summed E-state index contributed by atoms with van der Waals surface area (Å²) in [6.07, 6.45) is 3.94. The second-order valence-corrected chi connectivity index (χ2v) is 2.66. The fourth-order valence-corrected chi connectivity index (χ4v) is 0.948. The van der Waals surface area contributed by atoms with E-state index in [0.29, 0.717) is 6.54 Å². The summed E-state index contributed by atoms with van der Waals surface area (Å²) < 4.78 is 0. The Balaban J connectivity index is 2.82. The maximum Gasteiger partial charge on any atom is 0.0521 e. The summed E-state index contributed by atoms with van der Waals surface area (Å²) in [5.41, 5.74) is 5.20. The molecule has 0 aliphatic carbocycles. The van der Waals surface area contributed by atoms with Crippen molar-refractivity contribution in [2.45, 2.75) is 0 Å². The number of hydrogen-bond acceptors (Lipinski definition) is 3. The van der Waals surface area contributed by atoms with Gasteiger partial charge in [0.2, 0.25) is 0 Å². The van der Waals surface area contributed by atoms with Gasteiger partial charge in [-0.15, -0.1) is 0 Å². The quantitative estimate of drug-likeness (QED) is 0.432. The van der Waals surface area contributed by atoms with Crippen LogP contribution in [0.4, 0.5) is 0 Å². The zero-order valence-corrected chi connectivity index (χ0v) is 6.23. The fourth-order valence-electron chi connectivity index (χ4n) is 0.380. The number of aliphatic hydroxyl groups excluding tert-OH is 1. The van der Waals surface area contributed by atoms with Crippen LogP contribution in [0.1, 0.15) is 0 Å². The summed E-state index contributed by atoms with van der Waals surface area (Å²) in [4.78, 5) is 0. The Bertz CT molecular complexity index is 75.5. The highest BCUT2D eigenvalue weighted by molar-refractivity contribution is 7.99. The molecular weight excluding hydrogens is 134 g/mol. The summed E-state index contributed by atoms with van der Waals surface area (Å²) in [6.45, 7) is 0.876. The van der Waals surface area contributed by atoms with E-state index in [0.717, 1.165) is 11.5 Å². The van der Waals surface area contributed by atoms with Crippen molar-refractivity contribution in [2.75, 3.05) is 24.7 Å². The predicted molar refractivity (Wildman–Crippen MR) is 42.6 cm³/mol. The molecule has 3 N–H and O–H groups in total. The first kappa shape index (κ1) is 9.01. The van der Waals surface area contributed by atoms with Gasteiger partial charge in [-0.25, -0.2) is 0 Å². The monoisotopic (exact) mass is 147 g/mol. The van der Waals surface area contributed by atoms with Crippen LogP contribution in [0.15, 0.2) is 12.2 Å². The van der Waals surface area contributed by atoms with Crippen molar-refractivity contribution < 1.29 is 5.11 Å². The number of nitrogens with two attached hydrogens (primary N) is 1. The van der Waals surface area contributed by atoms with Crippen LogP contribution in [-0.2, 0) is 0 Å². The molecule has 0 saturated carbocycles. The molecule has 54 valence electrons. The van der Waals surface area contributed by atoms with Crippen molar-refractivity contribution in [2.24, 2.45) is 5.73 Å². The van der Waals surface area contributed by atoms with E-state index in [4.69, 9.17) is 10.8 Å². The molecule has 0 fully saturated rings. The van der Waals surface area contributed by atoms with Crippen molar-refractivity contribution in [1.82, 2.24) is 0 Å². The van der Waals surface area contributed by atoms with E-state index in [9.17, 15) is 0 Å². The van der Waals surface area contributed by atoms with Gasteiger partial charge in [0, 0.05) is 18.1 Å². The van der Waals surface area contributed by atoms with E-state index < -0.39 is 0 Å². The van der Waals surface area contributed by atoms with E-state index in [1.807, 2.05) is 12.2 Å². The Kier molecular flexibility index (Phi) is 8.02. The third-order valence-corrected chi connectivity index (χ3v) is 1.65. The number of hydrogen-bond donors (Lipinski definition) is 2. The second-order valence-electron chi connectivity index (χ2n) is 1.51. The highest BCUT2D eigenvalue weighted by atomic mass is 32.2. The largest absolute Gasteiger partial charge is 0.396 e. The number of aliphatic hydroxyl groups is 1. The molecule has 0 unspecified atom stereocenters. The standard InChI is InChI=1S/C6H13NOS/c7-3-1-2-5-9-6-4-8/h1-2,8H,3-7H2. The second kappa shape index (κ2) is 8.01. The average Bonchev–Trinajstić information content (AvgIpc) is 1.89. The van der Waals surface area contributed by atoms with Crippen LogP contribution >= 0.6 is 11.8 Å². The van der Waals surface area contributed by atoms with Gasteiger partial charge < -0.3 is 10.8 Å². The lowest BCUT2D eigenvalue weighted by molar-refractivity contribution is 0.322. The first-order valence-corrected chi connectivity index (χ1v) is 4.11. The molecule has 0 radical (unpaired) electrons. The smallest absolute Gasteiger partial charge is 0.0521 e. The van der Waals surface area contributed by atoms with Gasteiger partial charge in [0.15, 0.2) is 0 Å². The minimum atomic E-state index is 0.265. The first-order valence-electron chi connectivity index (χ1n) is 2.95. The van der Waals surface area contributed by atoms with E-state index in [1.165, 1.54) is 0 Å². The molecule has 3 heteroatoms. The van der Waals surface area contributed by atoms with Crippen LogP contribution in [-0.4, -0.2) is 29.8 Å². The average molecular weight is 147 g/mol. The minimum Gasteiger partial charge on any atom is -0.396 e. The zero-order valence-electron chi connectivity index (χ0n) is 5.42. The van der Waals surface area contributed by atoms with Crippen molar-refractivity contribution in [3.05, 3.63) is 12.2 Å². The summed E-state index contributed by atoms with van der Waals surface area (Å²) in [6, 6.07) is 0. The lowest BCUT2D eigenvalue weighted by atomic mass is 10.5. The highest BCUT2D eigenvalue weighted by Gasteiger charge is 1.79. The number of rotatable bonds is 5. The first-order chi connectivity index (χ1) is 4.41. The third-order valence-electron chi connectivity index (χ3n) is 0.752. The van der Waals surface area contributed by atoms with Gasteiger partial charge in [0.1, 0.15) is 0 Å². The third kappa shape index (κ3) is 8.01. The molecule has 0 atom stereocenters. The highest BCUT2D eigenvalue weighted by Crippen LogP contribution is 1.97. The van der Waals surface area contributed by atoms with Crippen LogP contribution in [0.3, 0.4) is 0 Å². The molecule has 0 heterocycles. The van der Waals surface area contributed by atoms with Crippen molar-refractivity contribution in [3.63, 3.8) is 0 Å². The molecule has 0 spiro atoms. The molecule has 0 rings (SSSR count). The van der Waals surface area contributed by atoms with Gasteiger partial charge in [-0.05, 0) is 0 Å². The number of thioether (sulfide) groups is 1. The van der Waals surface area contributed by atoms with Crippen LogP contribution in [0.25, 0.3) is 0 Å². The fraction of sp³-hybridized carbons (Fsp3) is 0.667. The molecule has 0 bridgehead atoms. The maximum atomic E-state index is 8.35. The van der Waals surface area contributed by atoms with E-state index in [1.54, 1.807) is 11.8 Å². The Morgan fingerprint density at radius 1 is 1.44 bits per heavy atom. The van der Waals surface area contributed by atoms with Crippen LogP contribution in [0, 0.1) is 0 Å². The minimum absolute atomic E-state index is 0.265. The van der Waals surface area contributed by atoms with E-state index in [2.05, 4.69) is 0 Å². The molecular formula is C6H13NOS. The lowest BCUT2D eigenvalue weighted by Gasteiger charge is -1.90.